The van der Waals surface area contributed by atoms with E-state index in [4.69, 9.17) is 9.47 Å². The van der Waals surface area contributed by atoms with Crippen LogP contribution in [0.3, 0.4) is 0 Å². The van der Waals surface area contributed by atoms with Crippen LogP contribution in [0.2, 0.25) is 0 Å². The molecular formula is C17H24N2O2. The van der Waals surface area contributed by atoms with Crippen molar-refractivity contribution in [1.82, 2.24) is 10.2 Å². The van der Waals surface area contributed by atoms with E-state index in [1.165, 1.54) is 50.9 Å². The first-order valence-corrected chi connectivity index (χ1v) is 8.22. The number of nitrogens with one attached hydrogen (secondary N) is 1. The highest BCUT2D eigenvalue weighted by Gasteiger charge is 2.31. The number of benzene rings is 1. The molecule has 0 radical (unpaired) electrons. The van der Waals surface area contributed by atoms with Gasteiger partial charge in [-0.15, -0.1) is 0 Å². The average Bonchev–Trinajstić information content (AvgIpc) is 3.26. The normalized spacial score (nSPS) is 22.0. The Labute approximate surface area is 126 Å². The molecule has 1 aromatic carbocycles. The maximum atomic E-state index is 5.50. The second-order valence-electron chi connectivity index (χ2n) is 6.54. The van der Waals surface area contributed by atoms with Crippen molar-refractivity contribution in [3.8, 4) is 11.5 Å². The fraction of sp³-hybridized carbons (Fsp3) is 0.647. The van der Waals surface area contributed by atoms with Crippen LogP contribution in [-0.2, 0) is 6.54 Å². The van der Waals surface area contributed by atoms with Crippen LogP contribution in [-0.4, -0.2) is 37.4 Å². The third-order valence-electron chi connectivity index (χ3n) is 4.84. The Kier molecular flexibility index (Phi) is 3.74. The van der Waals surface area contributed by atoms with Crippen LogP contribution >= 0.6 is 0 Å². The zero-order chi connectivity index (χ0) is 14.1. The van der Waals surface area contributed by atoms with E-state index in [2.05, 4.69) is 22.3 Å². The molecule has 1 N–H and O–H groups in total. The first-order chi connectivity index (χ1) is 10.4. The van der Waals surface area contributed by atoms with E-state index in [9.17, 15) is 0 Å². The summed E-state index contributed by atoms with van der Waals surface area (Å²) in [6.07, 6.45) is 5.39. The summed E-state index contributed by atoms with van der Waals surface area (Å²) >= 11 is 0. The number of ether oxygens (including phenoxy) is 2. The van der Waals surface area contributed by atoms with Crippen LogP contribution in [0.5, 0.6) is 11.5 Å². The van der Waals surface area contributed by atoms with Crippen LogP contribution < -0.4 is 14.8 Å². The molecule has 0 spiro atoms. The summed E-state index contributed by atoms with van der Waals surface area (Å²) in [5.41, 5.74) is 1.35. The maximum absolute atomic E-state index is 5.50. The Morgan fingerprint density at radius 3 is 2.67 bits per heavy atom. The van der Waals surface area contributed by atoms with Crippen LogP contribution in [0, 0.1) is 5.92 Å². The van der Waals surface area contributed by atoms with Gasteiger partial charge in [0, 0.05) is 19.1 Å². The summed E-state index contributed by atoms with van der Waals surface area (Å²) in [6, 6.07) is 7.20. The van der Waals surface area contributed by atoms with Gasteiger partial charge in [-0.1, -0.05) is 6.07 Å². The second kappa shape index (κ2) is 5.85. The van der Waals surface area contributed by atoms with Crippen molar-refractivity contribution < 1.29 is 9.47 Å². The van der Waals surface area contributed by atoms with E-state index in [0.717, 1.165) is 30.0 Å². The van der Waals surface area contributed by atoms with Gasteiger partial charge in [0.2, 0.25) is 6.79 Å². The predicted octanol–water partition coefficient (Wildman–Crippen LogP) is 2.38. The third kappa shape index (κ3) is 3.16. The molecule has 0 bridgehead atoms. The largest absolute Gasteiger partial charge is 0.454 e. The van der Waals surface area contributed by atoms with E-state index in [1.807, 2.05) is 6.07 Å². The van der Waals surface area contributed by atoms with E-state index >= 15 is 0 Å². The monoisotopic (exact) mass is 288 g/mol. The van der Waals surface area contributed by atoms with Gasteiger partial charge >= 0.3 is 0 Å². The Morgan fingerprint density at radius 2 is 1.86 bits per heavy atom. The molecule has 0 aromatic heterocycles. The van der Waals surface area contributed by atoms with E-state index in [0.29, 0.717) is 6.79 Å². The van der Waals surface area contributed by atoms with Crippen molar-refractivity contribution in [2.24, 2.45) is 5.92 Å². The zero-order valence-corrected chi connectivity index (χ0v) is 12.5. The van der Waals surface area contributed by atoms with Gasteiger partial charge in [0.1, 0.15) is 0 Å². The summed E-state index contributed by atoms with van der Waals surface area (Å²) in [5.74, 6) is 2.65. The topological polar surface area (TPSA) is 33.7 Å². The molecule has 1 aliphatic carbocycles. The Hall–Kier alpha value is -1.26. The van der Waals surface area contributed by atoms with Gasteiger partial charge in [0.15, 0.2) is 11.5 Å². The molecular weight excluding hydrogens is 264 g/mol. The van der Waals surface area contributed by atoms with Crippen LogP contribution in [0.25, 0.3) is 0 Å². The smallest absolute Gasteiger partial charge is 0.231 e. The minimum absolute atomic E-state index is 0.361. The molecule has 4 rings (SSSR count). The van der Waals surface area contributed by atoms with Gasteiger partial charge < -0.3 is 14.8 Å². The fourth-order valence-electron chi connectivity index (χ4n) is 3.45. The highest BCUT2D eigenvalue weighted by molar-refractivity contribution is 5.44. The molecule has 0 amide bonds. The summed E-state index contributed by atoms with van der Waals surface area (Å²) in [6.45, 7) is 5.03. The summed E-state index contributed by atoms with van der Waals surface area (Å²) in [4.78, 5) is 2.69. The fourth-order valence-corrected chi connectivity index (χ4v) is 3.45. The summed E-state index contributed by atoms with van der Waals surface area (Å²) in [5, 5.41) is 3.46. The molecule has 1 aromatic rings. The molecule has 4 heteroatoms. The first-order valence-electron chi connectivity index (χ1n) is 8.22. The van der Waals surface area contributed by atoms with Gasteiger partial charge in [0.25, 0.3) is 0 Å². The third-order valence-corrected chi connectivity index (χ3v) is 4.84. The quantitative estimate of drug-likeness (QED) is 0.902. The molecule has 2 aliphatic heterocycles. The number of piperidine rings is 1. The van der Waals surface area contributed by atoms with Gasteiger partial charge in [-0.05, 0) is 62.4 Å². The number of nitrogens with zero attached hydrogens (tertiary/aromatic N) is 1. The van der Waals surface area contributed by atoms with Crippen LogP contribution in [0.4, 0.5) is 0 Å². The highest BCUT2D eigenvalue weighted by Crippen LogP contribution is 2.35. The molecule has 0 atom stereocenters. The zero-order valence-electron chi connectivity index (χ0n) is 12.5. The molecule has 1 saturated carbocycles. The SMILES string of the molecule is c1cc2c(cc1CN(CC1CCNCC1)C1CC1)OCO2. The maximum Gasteiger partial charge on any atom is 0.231 e. The summed E-state index contributed by atoms with van der Waals surface area (Å²) in [7, 11) is 0. The second-order valence-corrected chi connectivity index (χ2v) is 6.54. The van der Waals surface area contributed by atoms with Gasteiger partial charge in [0.05, 0.1) is 0 Å². The molecule has 2 heterocycles. The lowest BCUT2D eigenvalue weighted by Gasteiger charge is -2.30. The lowest BCUT2D eigenvalue weighted by atomic mass is 9.97. The van der Waals surface area contributed by atoms with Gasteiger partial charge in [-0.25, -0.2) is 0 Å². The Morgan fingerprint density at radius 1 is 1.05 bits per heavy atom. The van der Waals surface area contributed by atoms with Crippen LogP contribution in [0.15, 0.2) is 18.2 Å². The van der Waals surface area contributed by atoms with E-state index in [-0.39, 0.29) is 0 Å². The number of fused-ring (bicyclic) bond motifs is 1. The molecule has 21 heavy (non-hydrogen) atoms. The average molecular weight is 288 g/mol. The van der Waals surface area contributed by atoms with Crippen molar-refractivity contribution >= 4 is 0 Å². The highest BCUT2D eigenvalue weighted by atomic mass is 16.7. The molecule has 1 saturated heterocycles. The number of rotatable bonds is 5. The van der Waals surface area contributed by atoms with Gasteiger partial charge in [-0.2, -0.15) is 0 Å². The van der Waals surface area contributed by atoms with Crippen molar-refractivity contribution in [3.63, 3.8) is 0 Å². The number of hydrogen-bond donors (Lipinski definition) is 1. The molecule has 4 nitrogen and oxygen atoms in total. The van der Waals surface area contributed by atoms with Gasteiger partial charge in [-0.3, -0.25) is 4.90 Å². The molecule has 0 unspecified atom stereocenters. The Bertz CT molecular complexity index is 496. The standard InChI is InChI=1S/C17H24N2O2/c1-4-16-17(21-12-20-16)9-14(1)11-19(15-2-3-15)10-13-5-7-18-8-6-13/h1,4,9,13,15,18H,2-3,5-8,10-12H2. The minimum atomic E-state index is 0.361. The van der Waals surface area contributed by atoms with E-state index in [1.54, 1.807) is 0 Å². The lowest BCUT2D eigenvalue weighted by Crippen LogP contribution is -2.37. The first kappa shape index (κ1) is 13.4. The van der Waals surface area contributed by atoms with Crippen molar-refractivity contribution in [1.29, 1.82) is 0 Å². The van der Waals surface area contributed by atoms with Crippen molar-refractivity contribution in [2.45, 2.75) is 38.3 Å². The number of hydrogen-bond acceptors (Lipinski definition) is 4. The molecule has 3 aliphatic rings. The van der Waals surface area contributed by atoms with Crippen molar-refractivity contribution in [3.05, 3.63) is 23.8 Å². The lowest BCUT2D eigenvalue weighted by molar-refractivity contribution is 0.173. The van der Waals surface area contributed by atoms with Crippen LogP contribution in [0.1, 0.15) is 31.2 Å². The van der Waals surface area contributed by atoms with E-state index < -0.39 is 0 Å². The molecule has 2 fully saturated rings. The Balaban J connectivity index is 1.42. The minimum Gasteiger partial charge on any atom is -0.454 e. The molecule has 114 valence electrons. The predicted molar refractivity (Wildman–Crippen MR) is 81.6 cm³/mol. The van der Waals surface area contributed by atoms with Crippen molar-refractivity contribution in [2.75, 3.05) is 26.4 Å². The summed E-state index contributed by atoms with van der Waals surface area (Å²) < 4.78 is 10.9.